The molecule has 0 saturated carbocycles. The average molecular weight is 408 g/mol. The van der Waals surface area contributed by atoms with Gasteiger partial charge in [0.1, 0.15) is 15.9 Å². The Morgan fingerprint density at radius 3 is 2.66 bits per heavy atom. The van der Waals surface area contributed by atoms with Crippen LogP contribution in [-0.4, -0.2) is 28.3 Å². The summed E-state index contributed by atoms with van der Waals surface area (Å²) < 4.78 is 14.0. The van der Waals surface area contributed by atoms with Gasteiger partial charge in [-0.1, -0.05) is 30.0 Å². The molecule has 1 unspecified atom stereocenters. The average Bonchev–Trinajstić information content (AvgIpc) is 3.11. The maximum atomic E-state index is 14.0. The van der Waals surface area contributed by atoms with E-state index in [0.29, 0.717) is 10.7 Å². The SMILES string of the molecule is O=C(Nc1ccnc(Sc2ccccn2)c1)C1CC(=O)N(c2ccccc2F)C1. The molecule has 0 aliphatic carbocycles. The molecule has 0 bridgehead atoms. The van der Waals surface area contributed by atoms with Crippen LogP contribution in [0.25, 0.3) is 0 Å². The van der Waals surface area contributed by atoms with Crippen LogP contribution < -0.4 is 10.2 Å². The molecule has 29 heavy (non-hydrogen) atoms. The van der Waals surface area contributed by atoms with E-state index in [0.717, 1.165) is 5.03 Å². The molecule has 1 aliphatic heterocycles. The second kappa shape index (κ2) is 8.40. The molecular formula is C21H17FN4O2S. The number of amides is 2. The van der Waals surface area contributed by atoms with Gasteiger partial charge in [0, 0.05) is 31.0 Å². The first-order valence-corrected chi connectivity index (χ1v) is 9.82. The van der Waals surface area contributed by atoms with Crippen molar-refractivity contribution in [3.05, 3.63) is 72.8 Å². The van der Waals surface area contributed by atoms with Crippen LogP contribution >= 0.6 is 11.8 Å². The Labute approximate surface area is 171 Å². The lowest BCUT2D eigenvalue weighted by molar-refractivity contribution is -0.122. The molecule has 0 spiro atoms. The zero-order valence-electron chi connectivity index (χ0n) is 15.3. The molecule has 3 aromatic rings. The number of nitrogens with one attached hydrogen (secondary N) is 1. The summed E-state index contributed by atoms with van der Waals surface area (Å²) in [6.07, 6.45) is 3.35. The largest absolute Gasteiger partial charge is 0.326 e. The van der Waals surface area contributed by atoms with Crippen molar-refractivity contribution in [1.29, 1.82) is 0 Å². The number of halogens is 1. The molecule has 1 aromatic carbocycles. The smallest absolute Gasteiger partial charge is 0.229 e. The van der Waals surface area contributed by atoms with E-state index >= 15 is 0 Å². The van der Waals surface area contributed by atoms with Gasteiger partial charge < -0.3 is 10.2 Å². The third-order valence-corrected chi connectivity index (χ3v) is 5.37. The Bertz CT molecular complexity index is 1050. The maximum Gasteiger partial charge on any atom is 0.229 e. The number of para-hydroxylation sites is 1. The standard InChI is InChI=1S/C21H17FN4O2S/c22-16-5-1-2-6-17(16)26-13-14(11-20(26)27)21(28)25-15-8-10-24-19(12-15)29-18-7-3-4-9-23-18/h1-10,12,14H,11,13H2,(H,24,25,28). The summed E-state index contributed by atoms with van der Waals surface area (Å²) in [4.78, 5) is 34.8. The molecule has 1 aliphatic rings. The number of benzene rings is 1. The molecule has 4 rings (SSSR count). The van der Waals surface area contributed by atoms with Crippen molar-refractivity contribution in [2.24, 2.45) is 5.92 Å². The summed E-state index contributed by atoms with van der Waals surface area (Å²) in [5.74, 6) is -1.58. The number of carbonyl (C=O) groups excluding carboxylic acids is 2. The number of nitrogens with zero attached hydrogens (tertiary/aromatic N) is 3. The second-order valence-corrected chi connectivity index (χ2v) is 7.54. The number of rotatable bonds is 5. The van der Waals surface area contributed by atoms with Crippen molar-refractivity contribution >= 4 is 35.0 Å². The summed E-state index contributed by atoms with van der Waals surface area (Å²) in [5.41, 5.74) is 0.783. The Balaban J connectivity index is 1.43. The van der Waals surface area contributed by atoms with Gasteiger partial charge in [-0.2, -0.15) is 0 Å². The minimum atomic E-state index is -0.554. The fourth-order valence-corrected chi connectivity index (χ4v) is 3.86. The van der Waals surface area contributed by atoms with Crippen molar-refractivity contribution in [2.75, 3.05) is 16.8 Å². The van der Waals surface area contributed by atoms with Crippen molar-refractivity contribution < 1.29 is 14.0 Å². The highest BCUT2D eigenvalue weighted by atomic mass is 32.2. The van der Waals surface area contributed by atoms with Crippen LogP contribution in [0.4, 0.5) is 15.8 Å². The van der Waals surface area contributed by atoms with Crippen LogP contribution in [0.2, 0.25) is 0 Å². The van der Waals surface area contributed by atoms with E-state index in [1.807, 2.05) is 18.2 Å². The van der Waals surface area contributed by atoms with Crippen molar-refractivity contribution in [1.82, 2.24) is 9.97 Å². The van der Waals surface area contributed by atoms with E-state index in [9.17, 15) is 14.0 Å². The second-order valence-electron chi connectivity index (χ2n) is 6.50. The van der Waals surface area contributed by atoms with Gasteiger partial charge in [0.25, 0.3) is 0 Å². The third-order valence-electron chi connectivity index (χ3n) is 4.49. The number of carbonyl (C=O) groups is 2. The predicted octanol–water partition coefficient (Wildman–Crippen LogP) is 3.76. The molecule has 146 valence electrons. The van der Waals surface area contributed by atoms with E-state index < -0.39 is 11.7 Å². The highest BCUT2D eigenvalue weighted by Gasteiger charge is 2.36. The molecule has 2 aromatic heterocycles. The lowest BCUT2D eigenvalue weighted by atomic mass is 10.1. The highest BCUT2D eigenvalue weighted by molar-refractivity contribution is 7.99. The minimum Gasteiger partial charge on any atom is -0.326 e. The van der Waals surface area contributed by atoms with Crippen LogP contribution in [0, 0.1) is 11.7 Å². The summed E-state index contributed by atoms with van der Waals surface area (Å²) in [5, 5.41) is 4.32. The fraction of sp³-hybridized carbons (Fsp3) is 0.143. The Morgan fingerprint density at radius 2 is 1.86 bits per heavy atom. The zero-order valence-corrected chi connectivity index (χ0v) is 16.1. The number of hydrogen-bond acceptors (Lipinski definition) is 5. The van der Waals surface area contributed by atoms with Gasteiger partial charge in [-0.3, -0.25) is 9.59 Å². The van der Waals surface area contributed by atoms with Crippen molar-refractivity contribution in [2.45, 2.75) is 16.5 Å². The van der Waals surface area contributed by atoms with Crippen molar-refractivity contribution in [3.8, 4) is 0 Å². The van der Waals surface area contributed by atoms with Gasteiger partial charge in [-0.15, -0.1) is 0 Å². The summed E-state index contributed by atoms with van der Waals surface area (Å²) in [7, 11) is 0. The van der Waals surface area contributed by atoms with Crippen LogP contribution in [0.1, 0.15) is 6.42 Å². The Hall–Kier alpha value is -3.26. The van der Waals surface area contributed by atoms with Crippen LogP contribution in [0.5, 0.6) is 0 Å². The van der Waals surface area contributed by atoms with Gasteiger partial charge >= 0.3 is 0 Å². The topological polar surface area (TPSA) is 75.2 Å². The number of hydrogen-bond donors (Lipinski definition) is 1. The molecule has 1 atom stereocenters. The number of anilines is 2. The van der Waals surface area contributed by atoms with Gasteiger partial charge in [-0.05, 0) is 36.4 Å². The predicted molar refractivity (Wildman–Crippen MR) is 108 cm³/mol. The monoisotopic (exact) mass is 408 g/mol. The molecule has 8 heteroatoms. The molecule has 1 N–H and O–H groups in total. The Morgan fingerprint density at radius 1 is 1.07 bits per heavy atom. The molecular weight excluding hydrogens is 391 g/mol. The Kier molecular flexibility index (Phi) is 5.53. The molecule has 0 radical (unpaired) electrons. The number of pyridine rings is 2. The van der Waals surface area contributed by atoms with E-state index in [1.165, 1.54) is 28.8 Å². The first-order chi connectivity index (χ1) is 14.1. The third kappa shape index (κ3) is 4.43. The lowest BCUT2D eigenvalue weighted by Gasteiger charge is -2.17. The fourth-order valence-electron chi connectivity index (χ4n) is 3.09. The van der Waals surface area contributed by atoms with Crippen molar-refractivity contribution in [3.63, 3.8) is 0 Å². The number of aromatic nitrogens is 2. The normalized spacial score (nSPS) is 16.1. The first-order valence-electron chi connectivity index (χ1n) is 9.01. The van der Waals surface area contributed by atoms with Crippen LogP contribution in [0.15, 0.2) is 77.0 Å². The van der Waals surface area contributed by atoms with E-state index in [2.05, 4.69) is 15.3 Å². The van der Waals surface area contributed by atoms with E-state index in [4.69, 9.17) is 0 Å². The van der Waals surface area contributed by atoms with Crippen LogP contribution in [-0.2, 0) is 9.59 Å². The van der Waals surface area contributed by atoms with Gasteiger partial charge in [0.15, 0.2) is 0 Å². The van der Waals surface area contributed by atoms with E-state index in [-0.39, 0.29) is 30.5 Å². The summed E-state index contributed by atoms with van der Waals surface area (Å²) >= 11 is 1.38. The molecule has 3 heterocycles. The van der Waals surface area contributed by atoms with Gasteiger partial charge in [0.2, 0.25) is 11.8 Å². The maximum absolute atomic E-state index is 14.0. The molecule has 1 fully saturated rings. The zero-order chi connectivity index (χ0) is 20.2. The molecule has 6 nitrogen and oxygen atoms in total. The molecule has 2 amide bonds. The van der Waals surface area contributed by atoms with Crippen LogP contribution in [0.3, 0.4) is 0 Å². The molecule has 1 saturated heterocycles. The first kappa shape index (κ1) is 19.1. The summed E-state index contributed by atoms with van der Waals surface area (Å²) in [6, 6.07) is 15.1. The highest BCUT2D eigenvalue weighted by Crippen LogP contribution is 2.29. The van der Waals surface area contributed by atoms with Gasteiger partial charge in [-0.25, -0.2) is 14.4 Å². The van der Waals surface area contributed by atoms with Gasteiger partial charge in [0.05, 0.1) is 11.6 Å². The summed E-state index contributed by atoms with van der Waals surface area (Å²) in [6.45, 7) is 0.145. The lowest BCUT2D eigenvalue weighted by Crippen LogP contribution is -2.28. The minimum absolute atomic E-state index is 0.0425. The van der Waals surface area contributed by atoms with E-state index in [1.54, 1.807) is 36.7 Å². The quantitative estimate of drug-likeness (QED) is 0.696.